The smallest absolute Gasteiger partial charge is 0.245 e. The van der Waals surface area contributed by atoms with Gasteiger partial charge in [-0.05, 0) is 35.3 Å². The Balaban J connectivity index is 1.65. The SMILES string of the molecule is C[C@]12[C@H]3[C@H]4C[C@H]1[C@]2(C)[C@H]3n1c(=O)n(-c2ccccc2)c(=O)n14. The summed E-state index contributed by atoms with van der Waals surface area (Å²) in [5.41, 5.74) is 0.936. The van der Waals surface area contributed by atoms with Gasteiger partial charge in [-0.15, -0.1) is 0 Å². The van der Waals surface area contributed by atoms with Crippen molar-refractivity contribution in [2.24, 2.45) is 22.7 Å². The van der Waals surface area contributed by atoms with Crippen LogP contribution >= 0.6 is 0 Å². The van der Waals surface area contributed by atoms with Gasteiger partial charge in [0.2, 0.25) is 0 Å². The molecule has 4 aliphatic rings. The van der Waals surface area contributed by atoms with Crippen LogP contribution < -0.4 is 11.4 Å². The van der Waals surface area contributed by atoms with E-state index in [0.29, 0.717) is 22.9 Å². The first-order chi connectivity index (χ1) is 10.5. The van der Waals surface area contributed by atoms with Crippen LogP contribution in [0.25, 0.3) is 5.69 Å². The van der Waals surface area contributed by atoms with E-state index in [-0.39, 0.29) is 28.9 Å². The van der Waals surface area contributed by atoms with E-state index < -0.39 is 0 Å². The molecular weight excluding hydrogens is 278 g/mol. The second-order valence-corrected chi connectivity index (χ2v) is 7.82. The molecule has 0 spiro atoms. The summed E-state index contributed by atoms with van der Waals surface area (Å²) in [5, 5.41) is 0. The molecular formula is C17H17N3O2. The van der Waals surface area contributed by atoms with E-state index >= 15 is 0 Å². The van der Waals surface area contributed by atoms with Crippen molar-refractivity contribution < 1.29 is 0 Å². The van der Waals surface area contributed by atoms with Crippen molar-refractivity contribution in [3.63, 3.8) is 0 Å². The first-order valence-corrected chi connectivity index (χ1v) is 8.04. The molecule has 6 rings (SSSR count). The zero-order valence-corrected chi connectivity index (χ0v) is 12.6. The summed E-state index contributed by atoms with van der Waals surface area (Å²) in [5.74, 6) is 1.18. The molecule has 0 N–H and O–H groups in total. The summed E-state index contributed by atoms with van der Waals surface area (Å²) in [7, 11) is 0. The Morgan fingerprint density at radius 1 is 1.00 bits per heavy atom. The zero-order valence-electron chi connectivity index (χ0n) is 12.6. The van der Waals surface area contributed by atoms with Gasteiger partial charge in [0.1, 0.15) is 0 Å². The number of rotatable bonds is 1. The fourth-order valence-electron chi connectivity index (χ4n) is 6.66. The van der Waals surface area contributed by atoms with Crippen molar-refractivity contribution in [1.82, 2.24) is 13.9 Å². The van der Waals surface area contributed by atoms with E-state index in [1.54, 1.807) is 9.36 Å². The highest BCUT2D eigenvalue weighted by Gasteiger charge is 2.93. The molecule has 0 bridgehead atoms. The lowest BCUT2D eigenvalue weighted by Crippen LogP contribution is -2.46. The maximum absolute atomic E-state index is 13.0. The second-order valence-electron chi connectivity index (χ2n) is 7.82. The third-order valence-corrected chi connectivity index (χ3v) is 7.66. The summed E-state index contributed by atoms with van der Waals surface area (Å²) in [6.07, 6.45) is 1.06. The van der Waals surface area contributed by atoms with Crippen LogP contribution in [0.15, 0.2) is 39.9 Å². The minimum Gasteiger partial charge on any atom is -0.245 e. The lowest BCUT2D eigenvalue weighted by molar-refractivity contribution is 0.0167. The van der Waals surface area contributed by atoms with Gasteiger partial charge in [0, 0.05) is 5.92 Å². The quantitative estimate of drug-likeness (QED) is 0.802. The van der Waals surface area contributed by atoms with Gasteiger partial charge in [-0.1, -0.05) is 32.0 Å². The normalized spacial score (nSPS) is 45.4. The first-order valence-electron chi connectivity index (χ1n) is 8.04. The van der Waals surface area contributed by atoms with Crippen LogP contribution in [0.4, 0.5) is 0 Å². The van der Waals surface area contributed by atoms with E-state index in [0.717, 1.165) is 6.42 Å². The van der Waals surface area contributed by atoms with Crippen molar-refractivity contribution in [2.75, 3.05) is 0 Å². The molecule has 3 fully saturated rings. The fraction of sp³-hybridized carbons (Fsp3) is 0.529. The Bertz CT molecular complexity index is 968. The van der Waals surface area contributed by atoms with Crippen molar-refractivity contribution >= 4 is 0 Å². The third-order valence-electron chi connectivity index (χ3n) is 7.66. The van der Waals surface area contributed by atoms with Crippen LogP contribution in [-0.4, -0.2) is 13.9 Å². The van der Waals surface area contributed by atoms with Crippen molar-refractivity contribution in [1.29, 1.82) is 0 Å². The highest BCUT2D eigenvalue weighted by molar-refractivity contribution is 5.41. The highest BCUT2D eigenvalue weighted by atomic mass is 16.2. The van der Waals surface area contributed by atoms with Gasteiger partial charge < -0.3 is 0 Å². The van der Waals surface area contributed by atoms with Gasteiger partial charge in [0.25, 0.3) is 0 Å². The van der Waals surface area contributed by atoms with E-state index in [9.17, 15) is 9.59 Å². The van der Waals surface area contributed by atoms with Gasteiger partial charge in [0.15, 0.2) is 0 Å². The Morgan fingerprint density at radius 2 is 1.68 bits per heavy atom. The number of benzene rings is 1. The molecule has 6 atom stereocenters. The first kappa shape index (κ1) is 11.5. The average molecular weight is 295 g/mol. The third kappa shape index (κ3) is 0.788. The molecule has 2 heterocycles. The molecule has 3 saturated carbocycles. The van der Waals surface area contributed by atoms with Gasteiger partial charge in [0.05, 0.1) is 17.8 Å². The molecule has 5 nitrogen and oxygen atoms in total. The Morgan fingerprint density at radius 3 is 2.36 bits per heavy atom. The number of hydrogen-bond donors (Lipinski definition) is 0. The molecule has 22 heavy (non-hydrogen) atoms. The van der Waals surface area contributed by atoms with Gasteiger partial charge >= 0.3 is 11.4 Å². The van der Waals surface area contributed by atoms with Gasteiger partial charge in [-0.25, -0.2) is 23.5 Å². The van der Waals surface area contributed by atoms with Crippen LogP contribution in [0.5, 0.6) is 0 Å². The Labute approximate surface area is 126 Å². The zero-order chi connectivity index (χ0) is 15.0. The lowest BCUT2D eigenvalue weighted by atomic mass is 9.60. The summed E-state index contributed by atoms with van der Waals surface area (Å²) >= 11 is 0. The maximum atomic E-state index is 13.0. The Kier molecular flexibility index (Phi) is 1.52. The summed E-state index contributed by atoms with van der Waals surface area (Å²) in [4.78, 5) is 25.9. The largest absolute Gasteiger partial charge is 0.352 e. The Hall–Kier alpha value is -2.04. The highest BCUT2D eigenvalue weighted by Crippen LogP contribution is 2.96. The maximum Gasteiger partial charge on any atom is 0.352 e. The topological polar surface area (TPSA) is 48.9 Å². The van der Waals surface area contributed by atoms with Crippen LogP contribution in [0, 0.1) is 22.7 Å². The molecule has 1 aromatic heterocycles. The molecule has 1 aliphatic heterocycles. The monoisotopic (exact) mass is 295 g/mol. The van der Waals surface area contributed by atoms with E-state index in [4.69, 9.17) is 0 Å². The number of aromatic nitrogens is 3. The van der Waals surface area contributed by atoms with Crippen LogP contribution in [0.2, 0.25) is 0 Å². The lowest BCUT2D eigenvalue weighted by Gasteiger charge is -2.45. The summed E-state index contributed by atoms with van der Waals surface area (Å²) < 4.78 is 4.91. The molecule has 112 valence electrons. The van der Waals surface area contributed by atoms with Gasteiger partial charge in [-0.2, -0.15) is 0 Å². The number of para-hydroxylation sites is 1. The van der Waals surface area contributed by atoms with Crippen molar-refractivity contribution in [2.45, 2.75) is 32.4 Å². The number of nitrogens with zero attached hydrogens (tertiary/aromatic N) is 3. The predicted octanol–water partition coefficient (Wildman–Crippen LogP) is 1.57. The molecule has 0 radical (unpaired) electrons. The average Bonchev–Trinajstić information content (AvgIpc) is 2.85. The fourth-order valence-corrected chi connectivity index (χ4v) is 6.66. The minimum absolute atomic E-state index is 0.162. The number of fused-ring (bicyclic) bond motifs is 5. The molecule has 0 unspecified atom stereocenters. The molecule has 0 amide bonds. The van der Waals surface area contributed by atoms with Crippen LogP contribution in [0.3, 0.4) is 0 Å². The van der Waals surface area contributed by atoms with E-state index in [2.05, 4.69) is 13.8 Å². The van der Waals surface area contributed by atoms with E-state index in [1.165, 1.54) is 4.57 Å². The minimum atomic E-state index is -0.164. The van der Waals surface area contributed by atoms with Crippen molar-refractivity contribution in [3.05, 3.63) is 51.3 Å². The second kappa shape index (κ2) is 2.90. The van der Waals surface area contributed by atoms with E-state index in [1.807, 2.05) is 30.3 Å². The predicted molar refractivity (Wildman–Crippen MR) is 80.2 cm³/mol. The molecule has 3 aliphatic carbocycles. The summed E-state index contributed by atoms with van der Waals surface area (Å²) in [6, 6.07) is 9.72. The summed E-state index contributed by atoms with van der Waals surface area (Å²) in [6.45, 7) is 4.66. The van der Waals surface area contributed by atoms with Crippen LogP contribution in [0.1, 0.15) is 32.4 Å². The van der Waals surface area contributed by atoms with Crippen LogP contribution in [-0.2, 0) is 0 Å². The van der Waals surface area contributed by atoms with Gasteiger partial charge in [-0.3, -0.25) is 0 Å². The standard InChI is InChI=1S/C17H17N3O2/c1-16-11-8-10-12(16)13(17(11,16)2)20-15(22)18(14(21)19(10)20)9-6-4-3-5-7-9/h3-7,10-13H,8H2,1-2H3/t10-,11-,12+,13+,16-,17-/m1/s1. The molecule has 0 saturated heterocycles. The number of hydrogen-bond acceptors (Lipinski definition) is 2. The molecule has 5 heteroatoms. The molecule has 1 aromatic carbocycles. The molecule has 2 aromatic rings. The van der Waals surface area contributed by atoms with Crippen molar-refractivity contribution in [3.8, 4) is 5.69 Å².